The highest BCUT2D eigenvalue weighted by molar-refractivity contribution is 8.13. The molecule has 1 amide bonds. The van der Waals surface area contributed by atoms with Gasteiger partial charge in [0.2, 0.25) is 5.91 Å². The van der Waals surface area contributed by atoms with Crippen molar-refractivity contribution in [2.45, 2.75) is 13.3 Å². The minimum atomic E-state index is 0.0754. The monoisotopic (exact) mass is 284 g/mol. The third-order valence-corrected chi connectivity index (χ3v) is 4.00. The van der Waals surface area contributed by atoms with E-state index in [9.17, 15) is 9.59 Å². The molecule has 1 aliphatic heterocycles. The molecule has 1 saturated heterocycles. The topological polar surface area (TPSA) is 50.3 Å². The van der Waals surface area contributed by atoms with Crippen molar-refractivity contribution in [2.75, 3.05) is 17.2 Å². The van der Waals surface area contributed by atoms with E-state index in [-0.39, 0.29) is 16.9 Å². The van der Waals surface area contributed by atoms with Gasteiger partial charge >= 0.3 is 0 Å². The highest BCUT2D eigenvalue weighted by Gasteiger charge is 2.30. The average molecular weight is 285 g/mol. The summed E-state index contributed by atoms with van der Waals surface area (Å²) in [6.45, 7) is 2.18. The number of carbonyl (C=O) groups excluding carboxylic acids is 2. The van der Waals surface area contributed by atoms with Gasteiger partial charge in [0, 0.05) is 37.5 Å². The fraction of sp³-hybridized carbons (Fsp3) is 0.417. The third-order valence-electron chi connectivity index (χ3n) is 2.75. The van der Waals surface area contributed by atoms with Crippen molar-refractivity contribution < 1.29 is 9.59 Å². The van der Waals surface area contributed by atoms with E-state index in [0.717, 1.165) is 5.69 Å². The number of carbonyl (C=O) groups is 2. The maximum absolute atomic E-state index is 11.9. The summed E-state index contributed by atoms with van der Waals surface area (Å²) >= 11 is 7.09. The summed E-state index contributed by atoms with van der Waals surface area (Å²) < 4.78 is 0. The van der Waals surface area contributed by atoms with Gasteiger partial charge in [0.15, 0.2) is 5.12 Å². The van der Waals surface area contributed by atoms with Gasteiger partial charge in [0.25, 0.3) is 0 Å². The first kappa shape index (κ1) is 13.4. The normalized spacial score (nSPS) is 19.3. The van der Waals surface area contributed by atoms with Crippen molar-refractivity contribution in [3.63, 3.8) is 0 Å². The summed E-state index contributed by atoms with van der Waals surface area (Å²) in [5, 5.41) is 0.467. The Balaban J connectivity index is 2.03. The Morgan fingerprint density at radius 1 is 1.67 bits per heavy atom. The van der Waals surface area contributed by atoms with Crippen LogP contribution in [0.4, 0.5) is 5.69 Å². The summed E-state index contributed by atoms with van der Waals surface area (Å²) in [5.74, 6) is 0.987. The van der Waals surface area contributed by atoms with Crippen LogP contribution in [0.5, 0.6) is 0 Å². The van der Waals surface area contributed by atoms with E-state index in [1.807, 2.05) is 0 Å². The molecule has 1 fully saturated rings. The number of anilines is 1. The van der Waals surface area contributed by atoms with E-state index in [0.29, 0.717) is 23.9 Å². The average Bonchev–Trinajstić information content (AvgIpc) is 2.68. The number of halogens is 1. The van der Waals surface area contributed by atoms with Crippen LogP contribution in [0.2, 0.25) is 5.15 Å². The van der Waals surface area contributed by atoms with E-state index in [1.54, 1.807) is 30.2 Å². The maximum atomic E-state index is 11.9. The van der Waals surface area contributed by atoms with Crippen molar-refractivity contribution >= 4 is 40.1 Å². The number of nitrogens with zero attached hydrogens (tertiary/aromatic N) is 2. The predicted octanol–water partition coefficient (Wildman–Crippen LogP) is 2.37. The Hall–Kier alpha value is -1.07. The number of pyridine rings is 1. The predicted molar refractivity (Wildman–Crippen MR) is 72.8 cm³/mol. The summed E-state index contributed by atoms with van der Waals surface area (Å²) in [6.07, 6.45) is 2.07. The molecule has 0 N–H and O–H groups in total. The zero-order valence-corrected chi connectivity index (χ0v) is 11.5. The number of amides is 1. The van der Waals surface area contributed by atoms with E-state index < -0.39 is 0 Å². The van der Waals surface area contributed by atoms with Crippen molar-refractivity contribution in [1.82, 2.24) is 4.98 Å². The van der Waals surface area contributed by atoms with Crippen LogP contribution in [0, 0.1) is 5.92 Å². The van der Waals surface area contributed by atoms with Crippen LogP contribution >= 0.6 is 23.4 Å². The second kappa shape index (κ2) is 5.71. The lowest BCUT2D eigenvalue weighted by Gasteiger charge is -2.16. The fourth-order valence-corrected chi connectivity index (χ4v) is 2.80. The molecule has 0 radical (unpaired) electrons. The van der Waals surface area contributed by atoms with Gasteiger partial charge in [-0.15, -0.1) is 0 Å². The van der Waals surface area contributed by atoms with Crippen LogP contribution in [-0.2, 0) is 9.59 Å². The molecule has 2 heterocycles. The van der Waals surface area contributed by atoms with E-state index in [4.69, 9.17) is 11.6 Å². The quantitative estimate of drug-likeness (QED) is 0.800. The first-order valence-electron chi connectivity index (χ1n) is 5.61. The van der Waals surface area contributed by atoms with Crippen molar-refractivity contribution in [1.29, 1.82) is 0 Å². The molecular formula is C12H13ClN2O2S. The number of hydrogen-bond acceptors (Lipinski definition) is 4. The van der Waals surface area contributed by atoms with Crippen molar-refractivity contribution in [3.05, 3.63) is 23.5 Å². The molecule has 1 aliphatic rings. The van der Waals surface area contributed by atoms with Gasteiger partial charge in [-0.3, -0.25) is 9.59 Å². The minimum Gasteiger partial charge on any atom is -0.312 e. The van der Waals surface area contributed by atoms with Crippen LogP contribution in [-0.4, -0.2) is 28.3 Å². The molecule has 2 rings (SSSR count). The van der Waals surface area contributed by atoms with Gasteiger partial charge in [0.1, 0.15) is 5.15 Å². The highest BCUT2D eigenvalue weighted by atomic mass is 35.5. The molecule has 0 bridgehead atoms. The Morgan fingerprint density at radius 3 is 3.11 bits per heavy atom. The van der Waals surface area contributed by atoms with E-state index >= 15 is 0 Å². The number of hydrogen-bond donors (Lipinski definition) is 0. The second-order valence-electron chi connectivity index (χ2n) is 4.21. The van der Waals surface area contributed by atoms with Crippen LogP contribution < -0.4 is 4.90 Å². The molecule has 1 aromatic rings. The largest absolute Gasteiger partial charge is 0.312 e. The zero-order valence-electron chi connectivity index (χ0n) is 9.93. The lowest BCUT2D eigenvalue weighted by Crippen LogP contribution is -2.24. The fourth-order valence-electron chi connectivity index (χ4n) is 1.94. The molecule has 4 nitrogen and oxygen atoms in total. The van der Waals surface area contributed by atoms with Gasteiger partial charge in [-0.25, -0.2) is 4.98 Å². The molecule has 1 aromatic heterocycles. The molecule has 18 heavy (non-hydrogen) atoms. The van der Waals surface area contributed by atoms with Gasteiger partial charge in [-0.2, -0.15) is 0 Å². The molecule has 1 atom stereocenters. The smallest absolute Gasteiger partial charge is 0.227 e. The van der Waals surface area contributed by atoms with Crippen LogP contribution in [0.1, 0.15) is 13.3 Å². The summed E-state index contributed by atoms with van der Waals surface area (Å²) in [4.78, 5) is 28.4. The van der Waals surface area contributed by atoms with E-state index in [1.165, 1.54) is 11.8 Å². The third kappa shape index (κ3) is 3.23. The van der Waals surface area contributed by atoms with Gasteiger partial charge in [-0.1, -0.05) is 23.4 Å². The maximum Gasteiger partial charge on any atom is 0.227 e. The highest BCUT2D eigenvalue weighted by Crippen LogP contribution is 2.28. The SMILES string of the molecule is CC(=O)SCC1CC(=O)N(c2ccnc(Cl)c2)C1. The minimum absolute atomic E-state index is 0.0754. The molecule has 96 valence electrons. The zero-order chi connectivity index (χ0) is 13.1. The summed E-state index contributed by atoms with van der Waals surface area (Å²) in [7, 11) is 0. The molecule has 0 spiro atoms. The van der Waals surface area contributed by atoms with Gasteiger partial charge in [-0.05, 0) is 18.1 Å². The van der Waals surface area contributed by atoms with Crippen LogP contribution in [0.15, 0.2) is 18.3 Å². The molecule has 0 aliphatic carbocycles. The number of aromatic nitrogens is 1. The van der Waals surface area contributed by atoms with Crippen LogP contribution in [0.3, 0.4) is 0 Å². The standard InChI is InChI=1S/C12H13ClN2O2S/c1-8(16)18-7-9-4-12(17)15(6-9)10-2-3-14-11(13)5-10/h2-3,5,9H,4,6-7H2,1H3. The first-order chi connectivity index (χ1) is 8.56. The Bertz CT molecular complexity index is 481. The molecule has 0 saturated carbocycles. The molecule has 6 heteroatoms. The van der Waals surface area contributed by atoms with Crippen molar-refractivity contribution in [2.24, 2.45) is 5.92 Å². The number of rotatable bonds is 3. The Kier molecular flexibility index (Phi) is 4.24. The lowest BCUT2D eigenvalue weighted by atomic mass is 10.1. The van der Waals surface area contributed by atoms with E-state index in [2.05, 4.69) is 4.98 Å². The molecule has 1 unspecified atom stereocenters. The van der Waals surface area contributed by atoms with Crippen molar-refractivity contribution in [3.8, 4) is 0 Å². The lowest BCUT2D eigenvalue weighted by molar-refractivity contribution is -0.117. The van der Waals surface area contributed by atoms with Gasteiger partial charge in [0.05, 0.1) is 0 Å². The van der Waals surface area contributed by atoms with Gasteiger partial charge < -0.3 is 4.90 Å². The van der Waals surface area contributed by atoms with Crippen LogP contribution in [0.25, 0.3) is 0 Å². The summed E-state index contributed by atoms with van der Waals surface area (Å²) in [5.41, 5.74) is 0.773. The summed E-state index contributed by atoms with van der Waals surface area (Å²) in [6, 6.07) is 3.45. The number of thioether (sulfide) groups is 1. The Labute approximate surface area is 115 Å². The second-order valence-corrected chi connectivity index (χ2v) is 5.80. The molecular weight excluding hydrogens is 272 g/mol. The first-order valence-corrected chi connectivity index (χ1v) is 6.98. The Morgan fingerprint density at radius 2 is 2.44 bits per heavy atom. The molecule has 0 aromatic carbocycles.